The SMILES string of the molecule is CC(C)(C)OC(=O)NNP(=O)(NNC(=O)OC(C)(C)C)c1ccccc1. The monoisotopic (exact) mass is 386 g/mol. The summed E-state index contributed by atoms with van der Waals surface area (Å²) < 4.78 is 23.4. The molecule has 4 N–H and O–H groups in total. The van der Waals surface area contributed by atoms with Crippen molar-refractivity contribution in [1.82, 2.24) is 21.2 Å². The molecule has 146 valence electrons. The molecule has 0 heterocycles. The Bertz CT molecular complexity index is 631. The minimum atomic E-state index is -3.63. The standard InChI is InChI=1S/C16H27N4O5P/c1-15(2,3)24-13(21)17-19-26(23,12-10-8-7-9-11-12)20-18-14(22)25-16(4,5)6/h7-11H,1-6H3,(H,17,21)(H,18,22)(H2,19,20,23). The van der Waals surface area contributed by atoms with Gasteiger partial charge in [0.15, 0.2) is 0 Å². The van der Waals surface area contributed by atoms with Crippen LogP contribution in [0.15, 0.2) is 30.3 Å². The summed E-state index contributed by atoms with van der Waals surface area (Å²) >= 11 is 0. The predicted octanol–water partition coefficient (Wildman–Crippen LogP) is 2.56. The van der Waals surface area contributed by atoms with Crippen molar-refractivity contribution < 1.29 is 23.6 Å². The van der Waals surface area contributed by atoms with E-state index in [4.69, 9.17) is 9.47 Å². The Morgan fingerprint density at radius 1 is 0.808 bits per heavy atom. The van der Waals surface area contributed by atoms with E-state index in [0.717, 1.165) is 0 Å². The first-order valence-electron chi connectivity index (χ1n) is 7.99. The van der Waals surface area contributed by atoms with Crippen molar-refractivity contribution >= 4 is 24.9 Å². The normalized spacial score (nSPS) is 12.2. The molecule has 0 aliphatic carbocycles. The third-order valence-electron chi connectivity index (χ3n) is 2.55. The summed E-state index contributed by atoms with van der Waals surface area (Å²) in [6, 6.07) is 8.25. The number of hydrazine groups is 2. The number of nitrogens with one attached hydrogen (secondary N) is 4. The Morgan fingerprint density at radius 3 is 1.54 bits per heavy atom. The molecule has 0 bridgehead atoms. The predicted molar refractivity (Wildman–Crippen MR) is 98.7 cm³/mol. The van der Waals surface area contributed by atoms with Gasteiger partial charge >= 0.3 is 12.2 Å². The van der Waals surface area contributed by atoms with Crippen LogP contribution in [0.5, 0.6) is 0 Å². The van der Waals surface area contributed by atoms with Gasteiger partial charge in [0.2, 0.25) is 0 Å². The van der Waals surface area contributed by atoms with Crippen LogP contribution in [-0.2, 0) is 14.0 Å². The van der Waals surface area contributed by atoms with Crippen molar-refractivity contribution in [2.24, 2.45) is 0 Å². The van der Waals surface area contributed by atoms with Gasteiger partial charge in [-0.15, -0.1) is 0 Å². The second-order valence-corrected chi connectivity index (χ2v) is 9.60. The smallest absolute Gasteiger partial charge is 0.422 e. The average Bonchev–Trinajstić information content (AvgIpc) is 2.49. The molecular formula is C16H27N4O5P. The van der Waals surface area contributed by atoms with E-state index in [1.54, 1.807) is 71.9 Å². The molecule has 1 aromatic rings. The lowest BCUT2D eigenvalue weighted by atomic mass is 10.2. The van der Waals surface area contributed by atoms with E-state index < -0.39 is 30.8 Å². The maximum absolute atomic E-state index is 13.2. The zero-order valence-corrected chi connectivity index (χ0v) is 16.8. The molecule has 0 aliphatic rings. The minimum Gasteiger partial charge on any atom is -0.443 e. The quantitative estimate of drug-likeness (QED) is 0.454. The van der Waals surface area contributed by atoms with Crippen LogP contribution in [0.4, 0.5) is 9.59 Å². The molecule has 0 fully saturated rings. The van der Waals surface area contributed by atoms with Crippen LogP contribution in [0.25, 0.3) is 0 Å². The molecule has 0 spiro atoms. The molecule has 0 aliphatic heterocycles. The van der Waals surface area contributed by atoms with Gasteiger partial charge in [-0.2, -0.15) is 10.4 Å². The fraction of sp³-hybridized carbons (Fsp3) is 0.500. The topological polar surface area (TPSA) is 118 Å². The third-order valence-corrected chi connectivity index (χ3v) is 4.43. The van der Waals surface area contributed by atoms with Crippen molar-refractivity contribution in [3.8, 4) is 0 Å². The molecule has 10 heteroatoms. The Labute approximate surface area is 153 Å². The summed E-state index contributed by atoms with van der Waals surface area (Å²) in [6.07, 6.45) is -1.62. The van der Waals surface area contributed by atoms with Gasteiger partial charge < -0.3 is 9.47 Å². The highest BCUT2D eigenvalue weighted by Gasteiger charge is 2.28. The zero-order valence-electron chi connectivity index (χ0n) is 15.9. The first-order chi connectivity index (χ1) is 11.8. The van der Waals surface area contributed by atoms with Gasteiger partial charge in [-0.05, 0) is 53.7 Å². The maximum atomic E-state index is 13.2. The fourth-order valence-electron chi connectivity index (χ4n) is 1.65. The third kappa shape index (κ3) is 8.33. The summed E-state index contributed by atoms with van der Waals surface area (Å²) in [5.41, 5.74) is 3.01. The van der Waals surface area contributed by atoms with Crippen LogP contribution in [0.1, 0.15) is 41.5 Å². The van der Waals surface area contributed by atoms with Crippen LogP contribution in [0.3, 0.4) is 0 Å². The summed E-state index contributed by atoms with van der Waals surface area (Å²) in [7, 11) is -3.63. The highest BCUT2D eigenvalue weighted by Crippen LogP contribution is 2.32. The molecule has 26 heavy (non-hydrogen) atoms. The molecule has 2 amide bonds. The van der Waals surface area contributed by atoms with Gasteiger partial charge in [0.25, 0.3) is 7.44 Å². The highest BCUT2D eigenvalue weighted by molar-refractivity contribution is 7.67. The molecular weight excluding hydrogens is 359 g/mol. The molecule has 0 radical (unpaired) electrons. The summed E-state index contributed by atoms with van der Waals surface area (Å²) in [4.78, 5) is 23.6. The van der Waals surface area contributed by atoms with Crippen LogP contribution in [0.2, 0.25) is 0 Å². The molecule has 0 unspecified atom stereocenters. The lowest BCUT2D eigenvalue weighted by Crippen LogP contribution is -2.49. The van der Waals surface area contributed by atoms with Gasteiger partial charge in [-0.3, -0.25) is 4.57 Å². The number of ether oxygens (including phenoxy) is 2. The van der Waals surface area contributed by atoms with Crippen molar-refractivity contribution in [3.63, 3.8) is 0 Å². The minimum absolute atomic E-state index is 0.326. The molecule has 1 rings (SSSR count). The number of hydrogen-bond donors (Lipinski definition) is 4. The number of carbonyl (C=O) groups excluding carboxylic acids is 2. The summed E-state index contributed by atoms with van der Waals surface area (Å²) in [5.74, 6) is 0. The number of amides is 2. The Balaban J connectivity index is 2.83. The van der Waals surface area contributed by atoms with Crippen molar-refractivity contribution in [3.05, 3.63) is 30.3 Å². The second kappa shape index (κ2) is 8.53. The molecule has 0 aromatic heterocycles. The van der Waals surface area contributed by atoms with Gasteiger partial charge in [0, 0.05) is 5.30 Å². The highest BCUT2D eigenvalue weighted by atomic mass is 31.2. The van der Waals surface area contributed by atoms with Crippen LogP contribution < -0.4 is 26.5 Å². The average molecular weight is 386 g/mol. The molecule has 0 saturated carbocycles. The van der Waals surface area contributed by atoms with Crippen LogP contribution in [-0.4, -0.2) is 23.4 Å². The lowest BCUT2D eigenvalue weighted by Gasteiger charge is -2.25. The van der Waals surface area contributed by atoms with E-state index in [0.29, 0.717) is 5.30 Å². The molecule has 0 saturated heterocycles. The largest absolute Gasteiger partial charge is 0.443 e. The Morgan fingerprint density at radius 2 is 1.19 bits per heavy atom. The Kier molecular flexibility index (Phi) is 7.20. The van der Waals surface area contributed by atoms with Crippen LogP contribution >= 0.6 is 7.44 Å². The number of benzene rings is 1. The molecule has 9 nitrogen and oxygen atoms in total. The molecule has 0 atom stereocenters. The van der Waals surface area contributed by atoms with Gasteiger partial charge in [0.05, 0.1) is 0 Å². The van der Waals surface area contributed by atoms with Crippen molar-refractivity contribution in [2.45, 2.75) is 52.7 Å². The van der Waals surface area contributed by atoms with Crippen LogP contribution in [0, 0.1) is 0 Å². The van der Waals surface area contributed by atoms with E-state index in [1.165, 1.54) is 0 Å². The summed E-state index contributed by atoms with van der Waals surface area (Å²) in [6.45, 7) is 10.2. The second-order valence-electron chi connectivity index (χ2n) is 7.42. The van der Waals surface area contributed by atoms with Crippen molar-refractivity contribution in [1.29, 1.82) is 0 Å². The number of rotatable bonds is 5. The zero-order chi connectivity index (χ0) is 20.0. The maximum Gasteiger partial charge on any atom is 0.422 e. The van der Waals surface area contributed by atoms with E-state index in [9.17, 15) is 14.2 Å². The molecule has 1 aromatic carbocycles. The summed E-state index contributed by atoms with van der Waals surface area (Å²) in [5, 5.41) is 5.13. The van der Waals surface area contributed by atoms with Crippen molar-refractivity contribution in [2.75, 3.05) is 0 Å². The van der Waals surface area contributed by atoms with Gasteiger partial charge in [-0.25, -0.2) is 20.4 Å². The number of carbonyl (C=O) groups is 2. The first kappa shape index (κ1) is 22.0. The number of hydrogen-bond acceptors (Lipinski definition) is 5. The van der Waals surface area contributed by atoms with E-state index in [-0.39, 0.29) is 0 Å². The van der Waals surface area contributed by atoms with E-state index in [1.807, 2.05) is 0 Å². The van der Waals surface area contributed by atoms with Gasteiger partial charge in [-0.1, -0.05) is 18.2 Å². The Hall–Kier alpha value is -2.09. The van der Waals surface area contributed by atoms with Gasteiger partial charge in [0.1, 0.15) is 11.2 Å². The van der Waals surface area contributed by atoms with E-state index >= 15 is 0 Å². The van der Waals surface area contributed by atoms with E-state index in [2.05, 4.69) is 21.2 Å². The fourth-order valence-corrected chi connectivity index (χ4v) is 3.05. The lowest BCUT2D eigenvalue weighted by molar-refractivity contribution is 0.0513. The first-order valence-corrected chi connectivity index (χ1v) is 9.70.